The van der Waals surface area contributed by atoms with Crippen LogP contribution in [0.3, 0.4) is 0 Å². The second-order valence-electron chi connectivity index (χ2n) is 7.92. The van der Waals surface area contributed by atoms with Crippen molar-refractivity contribution in [2.24, 2.45) is 0 Å². The fourth-order valence-corrected chi connectivity index (χ4v) is 4.32. The van der Waals surface area contributed by atoms with Crippen LogP contribution in [0.4, 0.5) is 11.8 Å². The van der Waals surface area contributed by atoms with Gasteiger partial charge in [-0.25, -0.2) is 4.98 Å². The third-order valence-electron chi connectivity index (χ3n) is 5.93. The van der Waals surface area contributed by atoms with Crippen LogP contribution in [0.15, 0.2) is 36.5 Å². The first-order valence-electron chi connectivity index (χ1n) is 10.6. The zero-order chi connectivity index (χ0) is 19.2. The standard InChI is InChI=1S/C22H31N5O/c28-20-10-4-3-8-18(20)17-27-15-7-9-19(27)16-24-22-23-12-11-21(25-22)26-13-5-1-2-6-14-26/h3-4,8,10-12,19,28H,1-2,5-7,9,13-17H2,(H,23,24,25). The molecule has 150 valence electrons. The van der Waals surface area contributed by atoms with E-state index in [-0.39, 0.29) is 0 Å². The number of hydrogen-bond donors (Lipinski definition) is 2. The predicted octanol–water partition coefficient (Wildman–Crippen LogP) is 3.64. The summed E-state index contributed by atoms with van der Waals surface area (Å²) in [6.07, 6.45) is 9.35. The minimum Gasteiger partial charge on any atom is -0.508 e. The van der Waals surface area contributed by atoms with Crippen molar-refractivity contribution in [1.29, 1.82) is 0 Å². The van der Waals surface area contributed by atoms with E-state index in [1.54, 1.807) is 6.07 Å². The molecule has 2 N–H and O–H groups in total. The molecule has 1 aromatic carbocycles. The Morgan fingerprint density at radius 2 is 1.82 bits per heavy atom. The number of benzene rings is 1. The van der Waals surface area contributed by atoms with Gasteiger partial charge >= 0.3 is 0 Å². The molecule has 28 heavy (non-hydrogen) atoms. The van der Waals surface area contributed by atoms with Crippen LogP contribution < -0.4 is 10.2 Å². The molecule has 0 bridgehead atoms. The van der Waals surface area contributed by atoms with Gasteiger partial charge in [0.15, 0.2) is 0 Å². The van der Waals surface area contributed by atoms with Crippen molar-refractivity contribution in [3.05, 3.63) is 42.1 Å². The van der Waals surface area contributed by atoms with Crippen molar-refractivity contribution < 1.29 is 5.11 Å². The minimum atomic E-state index is 0.384. The van der Waals surface area contributed by atoms with Gasteiger partial charge in [-0.3, -0.25) is 4.90 Å². The highest BCUT2D eigenvalue weighted by Crippen LogP contribution is 2.24. The molecule has 1 unspecified atom stereocenters. The summed E-state index contributed by atoms with van der Waals surface area (Å²) in [5.74, 6) is 2.14. The van der Waals surface area contributed by atoms with Crippen LogP contribution in [-0.2, 0) is 6.54 Å². The van der Waals surface area contributed by atoms with Gasteiger partial charge in [0.1, 0.15) is 11.6 Å². The predicted molar refractivity (Wildman–Crippen MR) is 113 cm³/mol. The quantitative estimate of drug-likeness (QED) is 0.796. The lowest BCUT2D eigenvalue weighted by Crippen LogP contribution is -2.35. The first kappa shape index (κ1) is 19.0. The zero-order valence-corrected chi connectivity index (χ0v) is 16.6. The Labute approximate surface area is 167 Å². The number of aromatic hydroxyl groups is 1. The zero-order valence-electron chi connectivity index (χ0n) is 16.6. The highest BCUT2D eigenvalue weighted by molar-refractivity contribution is 5.42. The Morgan fingerprint density at radius 1 is 1.00 bits per heavy atom. The molecule has 6 nitrogen and oxygen atoms in total. The maximum atomic E-state index is 10.1. The summed E-state index contributed by atoms with van der Waals surface area (Å²) >= 11 is 0. The van der Waals surface area contributed by atoms with Crippen molar-refractivity contribution in [1.82, 2.24) is 14.9 Å². The molecule has 2 fully saturated rings. The lowest BCUT2D eigenvalue weighted by Gasteiger charge is -2.25. The first-order valence-corrected chi connectivity index (χ1v) is 10.6. The van der Waals surface area contributed by atoms with Gasteiger partial charge in [-0.2, -0.15) is 4.98 Å². The van der Waals surface area contributed by atoms with Crippen LogP contribution in [0.25, 0.3) is 0 Å². The summed E-state index contributed by atoms with van der Waals surface area (Å²) in [6.45, 7) is 4.86. The second-order valence-corrected chi connectivity index (χ2v) is 7.92. The fraction of sp³-hybridized carbons (Fsp3) is 0.545. The third kappa shape index (κ3) is 4.73. The molecule has 4 rings (SSSR count). The van der Waals surface area contributed by atoms with Gasteiger partial charge in [0, 0.05) is 44.0 Å². The lowest BCUT2D eigenvalue weighted by atomic mass is 10.1. The molecule has 1 atom stereocenters. The Morgan fingerprint density at radius 3 is 2.64 bits per heavy atom. The van der Waals surface area contributed by atoms with Gasteiger partial charge < -0.3 is 15.3 Å². The molecule has 2 aromatic rings. The van der Waals surface area contributed by atoms with Crippen molar-refractivity contribution in [2.75, 3.05) is 36.4 Å². The number of phenolic OH excluding ortho intramolecular Hbond substituents is 1. The van der Waals surface area contributed by atoms with Crippen molar-refractivity contribution >= 4 is 11.8 Å². The molecule has 2 saturated heterocycles. The van der Waals surface area contributed by atoms with Gasteiger partial charge in [0.25, 0.3) is 0 Å². The Kier molecular flexibility index (Phi) is 6.27. The minimum absolute atomic E-state index is 0.384. The molecule has 0 spiro atoms. The second kappa shape index (κ2) is 9.24. The molecule has 1 aromatic heterocycles. The summed E-state index contributed by atoms with van der Waals surface area (Å²) in [4.78, 5) is 14.0. The summed E-state index contributed by atoms with van der Waals surface area (Å²) in [5, 5.41) is 13.5. The van der Waals surface area contributed by atoms with Crippen LogP contribution in [0.1, 0.15) is 44.1 Å². The van der Waals surface area contributed by atoms with Crippen molar-refractivity contribution in [2.45, 2.75) is 51.1 Å². The number of hydrogen-bond acceptors (Lipinski definition) is 6. The van der Waals surface area contributed by atoms with Gasteiger partial charge in [-0.15, -0.1) is 0 Å². The molecule has 3 heterocycles. The summed E-state index contributed by atoms with van der Waals surface area (Å²) in [5.41, 5.74) is 0.994. The number of anilines is 2. The summed E-state index contributed by atoms with van der Waals surface area (Å²) < 4.78 is 0. The highest BCUT2D eigenvalue weighted by Gasteiger charge is 2.25. The van der Waals surface area contributed by atoms with Crippen molar-refractivity contribution in [3.63, 3.8) is 0 Å². The number of nitrogens with zero attached hydrogens (tertiary/aromatic N) is 4. The third-order valence-corrected chi connectivity index (χ3v) is 5.93. The average Bonchev–Trinajstić information content (AvgIpc) is 2.98. The maximum absolute atomic E-state index is 10.1. The topological polar surface area (TPSA) is 64.5 Å². The number of phenols is 1. The first-order chi connectivity index (χ1) is 13.8. The number of para-hydroxylation sites is 1. The molecule has 2 aliphatic heterocycles. The average molecular weight is 382 g/mol. The normalized spacial score (nSPS) is 20.9. The van der Waals surface area contributed by atoms with E-state index in [1.165, 1.54) is 32.1 Å². The summed E-state index contributed by atoms with van der Waals surface area (Å²) in [7, 11) is 0. The van der Waals surface area contributed by atoms with Crippen LogP contribution in [0.5, 0.6) is 5.75 Å². The molecule has 0 aliphatic carbocycles. The van der Waals surface area contributed by atoms with Gasteiger partial charge in [0.2, 0.25) is 5.95 Å². The maximum Gasteiger partial charge on any atom is 0.224 e. The van der Waals surface area contributed by atoms with E-state index >= 15 is 0 Å². The molecule has 0 amide bonds. The lowest BCUT2D eigenvalue weighted by molar-refractivity contribution is 0.250. The Bertz CT molecular complexity index is 760. The van der Waals surface area contributed by atoms with E-state index in [9.17, 15) is 5.11 Å². The number of rotatable bonds is 6. The largest absolute Gasteiger partial charge is 0.508 e. The van der Waals surface area contributed by atoms with Crippen LogP contribution in [0.2, 0.25) is 0 Å². The molecule has 0 saturated carbocycles. The Balaban J connectivity index is 1.35. The van der Waals surface area contributed by atoms with E-state index in [0.29, 0.717) is 11.8 Å². The number of nitrogens with one attached hydrogen (secondary N) is 1. The van der Waals surface area contributed by atoms with E-state index in [1.807, 2.05) is 30.5 Å². The van der Waals surface area contributed by atoms with Gasteiger partial charge in [-0.05, 0) is 44.4 Å². The van der Waals surface area contributed by atoms with Gasteiger partial charge in [-0.1, -0.05) is 31.0 Å². The van der Waals surface area contributed by atoms with Crippen LogP contribution in [0, 0.1) is 0 Å². The molecular formula is C22H31N5O. The Hall–Kier alpha value is -2.34. The van der Waals surface area contributed by atoms with E-state index in [0.717, 1.165) is 56.5 Å². The molecule has 0 radical (unpaired) electrons. The smallest absolute Gasteiger partial charge is 0.224 e. The molecular weight excluding hydrogens is 350 g/mol. The summed E-state index contributed by atoms with van der Waals surface area (Å²) in [6, 6.07) is 10.1. The SMILES string of the molecule is Oc1ccccc1CN1CCCC1CNc1nccc(N2CCCCCC2)n1. The molecule has 2 aliphatic rings. The van der Waals surface area contributed by atoms with E-state index < -0.39 is 0 Å². The monoisotopic (exact) mass is 381 g/mol. The number of aromatic nitrogens is 2. The van der Waals surface area contributed by atoms with E-state index in [4.69, 9.17) is 4.98 Å². The fourth-order valence-electron chi connectivity index (χ4n) is 4.32. The number of likely N-dealkylation sites (tertiary alicyclic amines) is 1. The highest BCUT2D eigenvalue weighted by atomic mass is 16.3. The van der Waals surface area contributed by atoms with E-state index in [2.05, 4.69) is 20.1 Å². The molecule has 6 heteroatoms. The van der Waals surface area contributed by atoms with Gasteiger partial charge in [0.05, 0.1) is 0 Å². The van der Waals surface area contributed by atoms with Crippen LogP contribution >= 0.6 is 0 Å². The van der Waals surface area contributed by atoms with Crippen LogP contribution in [-0.4, -0.2) is 52.2 Å². The van der Waals surface area contributed by atoms with Crippen molar-refractivity contribution in [3.8, 4) is 5.75 Å².